The minimum atomic E-state index is -0.488. The molecule has 0 spiro atoms. The number of nitrogens with zero attached hydrogens (tertiary/aromatic N) is 1. The van der Waals surface area contributed by atoms with Crippen molar-refractivity contribution in [2.24, 2.45) is 5.92 Å². The van der Waals surface area contributed by atoms with Crippen molar-refractivity contribution in [2.45, 2.75) is 19.9 Å². The molecule has 0 fully saturated rings. The van der Waals surface area contributed by atoms with Crippen LogP contribution in [0.5, 0.6) is 0 Å². The Hall–Kier alpha value is -2.73. The number of amides is 1. The predicted molar refractivity (Wildman–Crippen MR) is 93.7 cm³/mol. The third-order valence-corrected chi connectivity index (χ3v) is 3.65. The molecule has 2 rings (SSSR count). The van der Waals surface area contributed by atoms with E-state index in [4.69, 9.17) is 0 Å². The van der Waals surface area contributed by atoms with Gasteiger partial charge >= 0.3 is 0 Å². The molecular weight excluding hydrogens is 306 g/mol. The third-order valence-electron chi connectivity index (χ3n) is 3.65. The first-order valence-corrected chi connectivity index (χ1v) is 7.80. The lowest BCUT2D eigenvalue weighted by molar-refractivity contribution is -0.384. The van der Waals surface area contributed by atoms with E-state index in [-0.39, 0.29) is 24.2 Å². The van der Waals surface area contributed by atoms with Crippen molar-refractivity contribution < 1.29 is 9.72 Å². The number of carbonyl (C=O) groups is 1. The zero-order valence-electron chi connectivity index (χ0n) is 13.7. The fourth-order valence-corrected chi connectivity index (χ4v) is 2.50. The SMILES string of the molecule is CC(C)[C@@H](NCC(=O)Nc1cccc([N+](=O)[O-])c1)c1ccccc1. The molecule has 0 aromatic heterocycles. The van der Waals surface area contributed by atoms with Crippen LogP contribution in [0.4, 0.5) is 11.4 Å². The van der Waals surface area contributed by atoms with Crippen molar-refractivity contribution >= 4 is 17.3 Å². The van der Waals surface area contributed by atoms with E-state index in [1.165, 1.54) is 12.1 Å². The standard InChI is InChI=1S/C18H21N3O3/c1-13(2)18(14-7-4-3-5-8-14)19-12-17(22)20-15-9-6-10-16(11-15)21(23)24/h3-11,13,18-19H,12H2,1-2H3,(H,20,22)/t18-/m1/s1. The quantitative estimate of drug-likeness (QED) is 0.602. The van der Waals surface area contributed by atoms with Crippen LogP contribution in [-0.4, -0.2) is 17.4 Å². The van der Waals surface area contributed by atoms with Gasteiger partial charge < -0.3 is 10.6 Å². The van der Waals surface area contributed by atoms with Crippen LogP contribution in [0, 0.1) is 16.0 Å². The molecule has 0 saturated heterocycles. The summed E-state index contributed by atoms with van der Waals surface area (Å²) in [6, 6.07) is 15.9. The number of anilines is 1. The lowest BCUT2D eigenvalue weighted by atomic mass is 9.96. The van der Waals surface area contributed by atoms with Crippen molar-refractivity contribution in [1.29, 1.82) is 0 Å². The van der Waals surface area contributed by atoms with Gasteiger partial charge in [0.2, 0.25) is 5.91 Å². The maximum absolute atomic E-state index is 12.1. The molecule has 0 radical (unpaired) electrons. The summed E-state index contributed by atoms with van der Waals surface area (Å²) in [5.41, 5.74) is 1.48. The molecule has 0 heterocycles. The summed E-state index contributed by atoms with van der Waals surface area (Å²) in [5.74, 6) is 0.0788. The van der Waals surface area contributed by atoms with Crippen LogP contribution >= 0.6 is 0 Å². The maximum Gasteiger partial charge on any atom is 0.271 e. The van der Waals surface area contributed by atoms with Crippen molar-refractivity contribution in [3.63, 3.8) is 0 Å². The van der Waals surface area contributed by atoms with E-state index in [2.05, 4.69) is 24.5 Å². The maximum atomic E-state index is 12.1. The van der Waals surface area contributed by atoms with Crippen molar-refractivity contribution in [2.75, 3.05) is 11.9 Å². The van der Waals surface area contributed by atoms with Gasteiger partial charge in [-0.2, -0.15) is 0 Å². The van der Waals surface area contributed by atoms with Gasteiger partial charge in [0, 0.05) is 23.9 Å². The van der Waals surface area contributed by atoms with Crippen LogP contribution in [0.15, 0.2) is 54.6 Å². The molecule has 1 amide bonds. The molecule has 2 aromatic rings. The Morgan fingerprint density at radius 1 is 1.12 bits per heavy atom. The summed E-state index contributed by atoms with van der Waals surface area (Å²) in [6.45, 7) is 4.30. The first kappa shape index (κ1) is 17.6. The van der Waals surface area contributed by atoms with Crippen LogP contribution in [0.3, 0.4) is 0 Å². The summed E-state index contributed by atoms with van der Waals surface area (Å²) in [6.07, 6.45) is 0. The van der Waals surface area contributed by atoms with Gasteiger partial charge in [-0.3, -0.25) is 14.9 Å². The zero-order chi connectivity index (χ0) is 17.5. The van der Waals surface area contributed by atoms with E-state index >= 15 is 0 Å². The summed E-state index contributed by atoms with van der Waals surface area (Å²) >= 11 is 0. The lowest BCUT2D eigenvalue weighted by Gasteiger charge is -2.22. The van der Waals surface area contributed by atoms with E-state index in [9.17, 15) is 14.9 Å². The van der Waals surface area contributed by atoms with Crippen LogP contribution < -0.4 is 10.6 Å². The molecule has 6 nitrogen and oxygen atoms in total. The molecule has 0 saturated carbocycles. The molecule has 6 heteroatoms. The summed E-state index contributed by atoms with van der Waals surface area (Å²) in [4.78, 5) is 22.4. The van der Waals surface area contributed by atoms with Crippen LogP contribution in [-0.2, 0) is 4.79 Å². The van der Waals surface area contributed by atoms with Gasteiger partial charge in [-0.25, -0.2) is 0 Å². The van der Waals surface area contributed by atoms with E-state index in [1.807, 2.05) is 30.3 Å². The number of carbonyl (C=O) groups excluding carboxylic acids is 1. The summed E-state index contributed by atoms with van der Waals surface area (Å²) in [7, 11) is 0. The number of rotatable bonds is 7. The number of hydrogen-bond acceptors (Lipinski definition) is 4. The number of hydrogen-bond donors (Lipinski definition) is 2. The number of benzene rings is 2. The molecule has 0 bridgehead atoms. The number of nitro benzene ring substituents is 1. The van der Waals surface area contributed by atoms with Gasteiger partial charge in [-0.15, -0.1) is 0 Å². The molecule has 24 heavy (non-hydrogen) atoms. The molecule has 2 aromatic carbocycles. The zero-order valence-corrected chi connectivity index (χ0v) is 13.7. The van der Waals surface area contributed by atoms with Crippen LogP contribution in [0.25, 0.3) is 0 Å². The van der Waals surface area contributed by atoms with Crippen LogP contribution in [0.2, 0.25) is 0 Å². The number of non-ortho nitro benzene ring substituents is 1. The van der Waals surface area contributed by atoms with E-state index < -0.39 is 4.92 Å². The fourth-order valence-electron chi connectivity index (χ4n) is 2.50. The first-order valence-electron chi connectivity index (χ1n) is 7.80. The summed E-state index contributed by atoms with van der Waals surface area (Å²) in [5, 5.41) is 16.7. The predicted octanol–water partition coefficient (Wildman–Crippen LogP) is 3.52. The van der Waals surface area contributed by atoms with Gasteiger partial charge in [-0.1, -0.05) is 50.2 Å². The first-order chi connectivity index (χ1) is 11.5. The highest BCUT2D eigenvalue weighted by molar-refractivity contribution is 5.92. The van der Waals surface area contributed by atoms with Gasteiger partial charge in [0.15, 0.2) is 0 Å². The smallest absolute Gasteiger partial charge is 0.271 e. The highest BCUT2D eigenvalue weighted by Gasteiger charge is 2.16. The normalized spacial score (nSPS) is 12.0. The van der Waals surface area contributed by atoms with Crippen molar-refractivity contribution in [3.05, 3.63) is 70.3 Å². The summed E-state index contributed by atoms with van der Waals surface area (Å²) < 4.78 is 0. The minimum Gasteiger partial charge on any atom is -0.325 e. The molecule has 0 aliphatic rings. The molecule has 0 aliphatic heterocycles. The third kappa shape index (κ3) is 4.89. The Balaban J connectivity index is 1.96. The largest absolute Gasteiger partial charge is 0.325 e. The monoisotopic (exact) mass is 327 g/mol. The van der Waals surface area contributed by atoms with E-state index in [1.54, 1.807) is 12.1 Å². The average Bonchev–Trinajstić information content (AvgIpc) is 2.56. The highest BCUT2D eigenvalue weighted by atomic mass is 16.6. The van der Waals surface area contributed by atoms with Gasteiger partial charge in [0.25, 0.3) is 5.69 Å². The van der Waals surface area contributed by atoms with E-state index in [0.717, 1.165) is 5.56 Å². The topological polar surface area (TPSA) is 84.3 Å². The molecule has 126 valence electrons. The van der Waals surface area contributed by atoms with Crippen LogP contribution in [0.1, 0.15) is 25.5 Å². The Kier molecular flexibility index (Phi) is 6.03. The fraction of sp³-hybridized carbons (Fsp3) is 0.278. The van der Waals surface area contributed by atoms with Crippen molar-refractivity contribution in [1.82, 2.24) is 5.32 Å². The molecule has 0 unspecified atom stereocenters. The highest BCUT2D eigenvalue weighted by Crippen LogP contribution is 2.21. The Bertz CT molecular complexity index is 702. The molecular formula is C18H21N3O3. The van der Waals surface area contributed by atoms with Gasteiger partial charge in [-0.05, 0) is 17.5 Å². The van der Waals surface area contributed by atoms with Gasteiger partial charge in [0.05, 0.1) is 11.5 Å². The number of nitro groups is 1. The molecule has 1 atom stereocenters. The molecule has 0 aliphatic carbocycles. The average molecular weight is 327 g/mol. The number of nitrogens with one attached hydrogen (secondary N) is 2. The Labute approximate surface area is 141 Å². The second-order valence-corrected chi connectivity index (χ2v) is 5.87. The second-order valence-electron chi connectivity index (χ2n) is 5.87. The van der Waals surface area contributed by atoms with Crippen molar-refractivity contribution in [3.8, 4) is 0 Å². The minimum absolute atomic E-state index is 0.0508. The second kappa shape index (κ2) is 8.21. The Morgan fingerprint density at radius 2 is 1.83 bits per heavy atom. The van der Waals surface area contributed by atoms with Gasteiger partial charge in [0.1, 0.15) is 0 Å². The van der Waals surface area contributed by atoms with E-state index in [0.29, 0.717) is 11.6 Å². The lowest BCUT2D eigenvalue weighted by Crippen LogP contribution is -2.33. The molecule has 2 N–H and O–H groups in total. The Morgan fingerprint density at radius 3 is 2.46 bits per heavy atom.